The fourth-order valence-corrected chi connectivity index (χ4v) is 3.96. The van der Waals surface area contributed by atoms with E-state index in [1.165, 1.54) is 0 Å². The number of hydrogen-bond acceptors (Lipinski definition) is 6. The van der Waals surface area contributed by atoms with Crippen LogP contribution in [0.5, 0.6) is 0 Å². The Labute approximate surface area is 172 Å². The van der Waals surface area contributed by atoms with Gasteiger partial charge in [-0.2, -0.15) is 0 Å². The molecule has 2 aromatic rings. The summed E-state index contributed by atoms with van der Waals surface area (Å²) in [6.07, 6.45) is 1.63. The third kappa shape index (κ3) is 4.32. The van der Waals surface area contributed by atoms with Crippen LogP contribution >= 0.6 is 22.6 Å². The van der Waals surface area contributed by atoms with Crippen LogP contribution in [0.4, 0.5) is 11.6 Å². The Kier molecular flexibility index (Phi) is 5.72. The first kappa shape index (κ1) is 18.4. The molecule has 7 nitrogen and oxygen atoms in total. The van der Waals surface area contributed by atoms with Gasteiger partial charge in [0.2, 0.25) is 0 Å². The monoisotopic (exact) mass is 479 g/mol. The Hall–Kier alpha value is -1.94. The minimum absolute atomic E-state index is 0.102. The maximum absolute atomic E-state index is 12.7. The lowest BCUT2D eigenvalue weighted by Crippen LogP contribution is -2.49. The number of anilines is 2. The molecule has 2 saturated heterocycles. The first-order valence-electron chi connectivity index (χ1n) is 9.15. The summed E-state index contributed by atoms with van der Waals surface area (Å²) in [6, 6.07) is 9.79. The van der Waals surface area contributed by atoms with Crippen molar-refractivity contribution in [2.45, 2.75) is 0 Å². The fraction of sp³-hybridized carbons (Fsp3) is 0.421. The smallest absolute Gasteiger partial charge is 0.254 e. The van der Waals surface area contributed by atoms with E-state index < -0.39 is 0 Å². The Bertz CT molecular complexity index is 804. The van der Waals surface area contributed by atoms with Gasteiger partial charge in [-0.3, -0.25) is 4.79 Å². The Morgan fingerprint density at radius 2 is 1.59 bits per heavy atom. The minimum Gasteiger partial charge on any atom is -0.378 e. The number of piperazine rings is 1. The molecule has 0 unspecified atom stereocenters. The molecule has 0 atom stereocenters. The standard InChI is InChI=1S/C19H22IN5O2/c20-16-3-1-2-15(12-16)19(26)25-6-4-23(5-7-25)17-13-18(22-14-21-17)24-8-10-27-11-9-24/h1-3,12-14H,4-11H2. The highest BCUT2D eigenvalue weighted by atomic mass is 127. The molecule has 2 aliphatic heterocycles. The van der Waals surface area contributed by atoms with E-state index in [0.717, 1.165) is 60.2 Å². The molecule has 27 heavy (non-hydrogen) atoms. The van der Waals surface area contributed by atoms with E-state index >= 15 is 0 Å². The first-order valence-corrected chi connectivity index (χ1v) is 10.2. The summed E-state index contributed by atoms with van der Waals surface area (Å²) in [5.41, 5.74) is 0.756. The molecule has 2 aliphatic rings. The number of aromatic nitrogens is 2. The molecule has 8 heteroatoms. The van der Waals surface area contributed by atoms with Gasteiger partial charge in [0.1, 0.15) is 18.0 Å². The van der Waals surface area contributed by atoms with Crippen molar-refractivity contribution < 1.29 is 9.53 Å². The summed E-state index contributed by atoms with van der Waals surface area (Å²) in [5.74, 6) is 1.97. The van der Waals surface area contributed by atoms with Crippen molar-refractivity contribution in [3.8, 4) is 0 Å². The first-order chi connectivity index (χ1) is 13.2. The number of nitrogens with zero attached hydrogens (tertiary/aromatic N) is 5. The molecule has 1 amide bonds. The lowest BCUT2D eigenvalue weighted by Gasteiger charge is -2.36. The third-order valence-corrected chi connectivity index (χ3v) is 5.61. The highest BCUT2D eigenvalue weighted by Crippen LogP contribution is 2.20. The quantitative estimate of drug-likeness (QED) is 0.627. The number of carbonyl (C=O) groups is 1. The number of halogens is 1. The van der Waals surface area contributed by atoms with Gasteiger partial charge in [0.25, 0.3) is 5.91 Å². The van der Waals surface area contributed by atoms with Crippen LogP contribution in [0.2, 0.25) is 0 Å². The summed E-state index contributed by atoms with van der Waals surface area (Å²) in [6.45, 7) is 6.12. The lowest BCUT2D eigenvalue weighted by atomic mass is 10.2. The van der Waals surface area contributed by atoms with Crippen molar-refractivity contribution in [3.63, 3.8) is 0 Å². The average molecular weight is 479 g/mol. The number of carbonyl (C=O) groups excluding carboxylic acids is 1. The molecule has 0 bridgehead atoms. The molecule has 1 aromatic heterocycles. The maximum atomic E-state index is 12.7. The molecule has 1 aromatic carbocycles. The van der Waals surface area contributed by atoms with E-state index in [2.05, 4.69) is 42.4 Å². The largest absolute Gasteiger partial charge is 0.378 e. The van der Waals surface area contributed by atoms with Gasteiger partial charge in [-0.25, -0.2) is 9.97 Å². The number of benzene rings is 1. The Morgan fingerprint density at radius 3 is 2.26 bits per heavy atom. The third-order valence-electron chi connectivity index (χ3n) is 4.94. The van der Waals surface area contributed by atoms with Crippen LogP contribution in [0.25, 0.3) is 0 Å². The average Bonchev–Trinajstić information content (AvgIpc) is 2.74. The summed E-state index contributed by atoms with van der Waals surface area (Å²) in [5, 5.41) is 0. The van der Waals surface area contributed by atoms with Gasteiger partial charge < -0.3 is 19.4 Å². The molecule has 3 heterocycles. The van der Waals surface area contributed by atoms with Crippen LogP contribution in [0.1, 0.15) is 10.4 Å². The SMILES string of the molecule is O=C(c1cccc(I)c1)N1CCN(c2cc(N3CCOCC3)ncn2)CC1. The summed E-state index contributed by atoms with van der Waals surface area (Å²) >= 11 is 2.24. The van der Waals surface area contributed by atoms with Crippen molar-refractivity contribution >= 4 is 40.1 Å². The highest BCUT2D eigenvalue weighted by molar-refractivity contribution is 14.1. The molecule has 4 rings (SSSR count). The van der Waals surface area contributed by atoms with Gasteiger partial charge in [-0.1, -0.05) is 6.07 Å². The number of morpholine rings is 1. The summed E-state index contributed by atoms with van der Waals surface area (Å²) in [4.78, 5) is 28.0. The van der Waals surface area contributed by atoms with Gasteiger partial charge in [-0.15, -0.1) is 0 Å². The zero-order valence-corrected chi connectivity index (χ0v) is 17.2. The molecule has 0 spiro atoms. The molecule has 2 fully saturated rings. The van der Waals surface area contributed by atoms with Gasteiger partial charge in [0, 0.05) is 54.5 Å². The highest BCUT2D eigenvalue weighted by Gasteiger charge is 2.24. The zero-order chi connectivity index (χ0) is 18.6. The predicted octanol–water partition coefficient (Wildman–Crippen LogP) is 1.88. The van der Waals surface area contributed by atoms with Crippen LogP contribution in [0.3, 0.4) is 0 Å². The Morgan fingerprint density at radius 1 is 0.926 bits per heavy atom. The Balaban J connectivity index is 1.40. The van der Waals surface area contributed by atoms with Crippen LogP contribution in [0.15, 0.2) is 36.7 Å². The van der Waals surface area contributed by atoms with E-state index in [4.69, 9.17) is 4.74 Å². The lowest BCUT2D eigenvalue weighted by molar-refractivity contribution is 0.0746. The van der Waals surface area contributed by atoms with Gasteiger partial charge in [-0.05, 0) is 40.8 Å². The molecule has 0 saturated carbocycles. The van der Waals surface area contributed by atoms with E-state index in [0.29, 0.717) is 13.1 Å². The van der Waals surface area contributed by atoms with E-state index in [9.17, 15) is 4.79 Å². The van der Waals surface area contributed by atoms with Gasteiger partial charge >= 0.3 is 0 Å². The van der Waals surface area contributed by atoms with E-state index in [1.807, 2.05) is 35.2 Å². The number of ether oxygens (including phenoxy) is 1. The fourth-order valence-electron chi connectivity index (χ4n) is 3.42. The van der Waals surface area contributed by atoms with Crippen molar-refractivity contribution in [2.24, 2.45) is 0 Å². The normalized spacial score (nSPS) is 17.9. The van der Waals surface area contributed by atoms with E-state index in [-0.39, 0.29) is 5.91 Å². The van der Waals surface area contributed by atoms with Crippen molar-refractivity contribution in [3.05, 3.63) is 45.8 Å². The molecule has 0 N–H and O–H groups in total. The number of rotatable bonds is 3. The van der Waals surface area contributed by atoms with Crippen molar-refractivity contribution in [2.75, 3.05) is 62.3 Å². The topological polar surface area (TPSA) is 61.8 Å². The molecule has 142 valence electrons. The summed E-state index contributed by atoms with van der Waals surface area (Å²) < 4.78 is 6.49. The van der Waals surface area contributed by atoms with Crippen LogP contribution in [-0.2, 0) is 4.74 Å². The minimum atomic E-state index is 0.102. The second-order valence-electron chi connectivity index (χ2n) is 6.62. The molecule has 0 radical (unpaired) electrons. The number of amides is 1. The van der Waals surface area contributed by atoms with Crippen molar-refractivity contribution in [1.82, 2.24) is 14.9 Å². The van der Waals surface area contributed by atoms with Crippen molar-refractivity contribution in [1.29, 1.82) is 0 Å². The van der Waals surface area contributed by atoms with E-state index in [1.54, 1.807) is 6.33 Å². The van der Waals surface area contributed by atoms with Gasteiger partial charge in [0.05, 0.1) is 13.2 Å². The van der Waals surface area contributed by atoms with Crippen LogP contribution in [0, 0.1) is 3.57 Å². The van der Waals surface area contributed by atoms with Crippen LogP contribution < -0.4 is 9.80 Å². The maximum Gasteiger partial charge on any atom is 0.254 e. The van der Waals surface area contributed by atoms with Gasteiger partial charge in [0.15, 0.2) is 0 Å². The second kappa shape index (κ2) is 8.39. The molecular formula is C19H22IN5O2. The number of hydrogen-bond donors (Lipinski definition) is 0. The van der Waals surface area contributed by atoms with Crippen LogP contribution in [-0.4, -0.2) is 73.3 Å². The second-order valence-corrected chi connectivity index (χ2v) is 7.87. The summed E-state index contributed by atoms with van der Waals surface area (Å²) in [7, 11) is 0. The predicted molar refractivity (Wildman–Crippen MR) is 112 cm³/mol. The zero-order valence-electron chi connectivity index (χ0n) is 15.1. The molecule has 0 aliphatic carbocycles. The molecular weight excluding hydrogens is 457 g/mol.